The lowest BCUT2D eigenvalue weighted by atomic mass is 9.98. The molecule has 19 heavy (non-hydrogen) atoms. The van der Waals surface area contributed by atoms with Gasteiger partial charge in [-0.1, -0.05) is 13.0 Å². The topological polar surface area (TPSA) is 42.0 Å². The maximum Gasteiger partial charge on any atom is 0.224 e. The number of nitrogens with one attached hydrogen (secondary N) is 1. The summed E-state index contributed by atoms with van der Waals surface area (Å²) < 4.78 is 0. The maximum atomic E-state index is 11.4. The first kappa shape index (κ1) is 12.4. The number of aryl methyl sites for hydroxylation is 3. The van der Waals surface area contributed by atoms with Gasteiger partial charge in [-0.3, -0.25) is 4.79 Å². The van der Waals surface area contributed by atoms with Gasteiger partial charge < -0.3 is 5.32 Å². The molecule has 2 heterocycles. The van der Waals surface area contributed by atoms with E-state index in [2.05, 4.69) is 29.4 Å². The normalized spacial score (nSPS) is 14.1. The second-order valence-electron chi connectivity index (χ2n) is 4.78. The third-order valence-corrected chi connectivity index (χ3v) is 4.51. The number of anilines is 1. The molecule has 0 radical (unpaired) electrons. The van der Waals surface area contributed by atoms with Crippen molar-refractivity contribution in [3.8, 4) is 11.3 Å². The van der Waals surface area contributed by atoms with Gasteiger partial charge in [0.1, 0.15) is 0 Å². The molecule has 0 saturated carbocycles. The third-order valence-electron chi connectivity index (χ3n) is 3.40. The summed E-state index contributed by atoms with van der Waals surface area (Å²) >= 11 is 1.77. The van der Waals surface area contributed by atoms with E-state index in [0.29, 0.717) is 6.42 Å². The number of rotatable bonds is 2. The predicted octanol–water partition coefficient (Wildman–Crippen LogP) is 3.57. The highest BCUT2D eigenvalue weighted by molar-refractivity contribution is 7.12. The Morgan fingerprint density at radius 3 is 3.00 bits per heavy atom. The van der Waals surface area contributed by atoms with Gasteiger partial charge in [-0.05, 0) is 37.5 Å². The molecule has 0 saturated heterocycles. The Morgan fingerprint density at radius 2 is 2.21 bits per heavy atom. The third kappa shape index (κ3) is 2.28. The van der Waals surface area contributed by atoms with Crippen LogP contribution in [0.5, 0.6) is 0 Å². The number of fused-ring (bicyclic) bond motifs is 1. The van der Waals surface area contributed by atoms with Gasteiger partial charge in [0, 0.05) is 22.5 Å². The van der Waals surface area contributed by atoms with Crippen LogP contribution in [0.2, 0.25) is 0 Å². The predicted molar refractivity (Wildman–Crippen MR) is 78.6 cm³/mol. The van der Waals surface area contributed by atoms with E-state index < -0.39 is 0 Å². The zero-order chi connectivity index (χ0) is 13.4. The van der Waals surface area contributed by atoms with Gasteiger partial charge in [0.15, 0.2) is 0 Å². The van der Waals surface area contributed by atoms with Crippen molar-refractivity contribution in [2.45, 2.75) is 33.1 Å². The van der Waals surface area contributed by atoms with E-state index in [1.165, 1.54) is 10.4 Å². The minimum absolute atomic E-state index is 0.110. The molecule has 3 rings (SSSR count). The zero-order valence-corrected chi connectivity index (χ0v) is 11.9. The molecule has 98 valence electrons. The van der Waals surface area contributed by atoms with E-state index in [0.717, 1.165) is 34.8 Å². The minimum Gasteiger partial charge on any atom is -0.326 e. The summed E-state index contributed by atoms with van der Waals surface area (Å²) in [5, 5.41) is 4.02. The maximum absolute atomic E-state index is 11.4. The van der Waals surface area contributed by atoms with Gasteiger partial charge in [0.2, 0.25) is 5.91 Å². The van der Waals surface area contributed by atoms with Crippen LogP contribution < -0.4 is 5.32 Å². The van der Waals surface area contributed by atoms with Crippen LogP contribution in [0.25, 0.3) is 11.3 Å². The van der Waals surface area contributed by atoms with Crippen LogP contribution in [0.4, 0.5) is 5.69 Å². The molecule has 4 heteroatoms. The standard InChI is InChI=1S/C15H16N2OS/c1-3-13-15(16-9(2)19-13)11-4-6-12-10(8-11)5-7-14(18)17-12/h4,6,8H,3,5,7H2,1-2H3,(H,17,18). The van der Waals surface area contributed by atoms with Gasteiger partial charge in [-0.15, -0.1) is 11.3 Å². The van der Waals surface area contributed by atoms with Crippen molar-refractivity contribution in [2.75, 3.05) is 5.32 Å². The van der Waals surface area contributed by atoms with Crippen LogP contribution in [0.15, 0.2) is 18.2 Å². The fourth-order valence-electron chi connectivity index (χ4n) is 2.47. The number of amides is 1. The number of thiazole rings is 1. The molecule has 1 amide bonds. The highest BCUT2D eigenvalue weighted by Crippen LogP contribution is 2.32. The molecule has 1 N–H and O–H groups in total. The van der Waals surface area contributed by atoms with Crippen molar-refractivity contribution in [2.24, 2.45) is 0 Å². The smallest absolute Gasteiger partial charge is 0.224 e. The minimum atomic E-state index is 0.110. The zero-order valence-electron chi connectivity index (χ0n) is 11.1. The number of benzene rings is 1. The number of hydrogen-bond acceptors (Lipinski definition) is 3. The second kappa shape index (κ2) is 4.78. The summed E-state index contributed by atoms with van der Waals surface area (Å²) in [6.45, 7) is 4.21. The number of carbonyl (C=O) groups excluding carboxylic acids is 1. The highest BCUT2D eigenvalue weighted by Gasteiger charge is 2.17. The lowest BCUT2D eigenvalue weighted by molar-refractivity contribution is -0.116. The largest absolute Gasteiger partial charge is 0.326 e. The summed E-state index contributed by atoms with van der Waals surface area (Å²) in [5.41, 5.74) is 4.43. The fraction of sp³-hybridized carbons (Fsp3) is 0.333. The molecule has 1 aliphatic heterocycles. The van der Waals surface area contributed by atoms with Crippen LogP contribution in [-0.4, -0.2) is 10.9 Å². The Balaban J connectivity index is 2.04. The van der Waals surface area contributed by atoms with Crippen molar-refractivity contribution in [3.63, 3.8) is 0 Å². The van der Waals surface area contributed by atoms with Crippen LogP contribution in [0, 0.1) is 6.92 Å². The van der Waals surface area contributed by atoms with E-state index in [9.17, 15) is 4.79 Å². The molecule has 0 bridgehead atoms. The molecular weight excluding hydrogens is 256 g/mol. The van der Waals surface area contributed by atoms with Gasteiger partial charge in [0.25, 0.3) is 0 Å². The number of nitrogens with zero attached hydrogens (tertiary/aromatic N) is 1. The molecular formula is C15H16N2OS. The molecule has 1 aromatic heterocycles. The Morgan fingerprint density at radius 1 is 1.37 bits per heavy atom. The number of hydrogen-bond donors (Lipinski definition) is 1. The van der Waals surface area contributed by atoms with Gasteiger partial charge in [-0.2, -0.15) is 0 Å². The van der Waals surface area contributed by atoms with E-state index in [1.807, 2.05) is 13.0 Å². The summed E-state index contributed by atoms with van der Waals surface area (Å²) in [7, 11) is 0. The fourth-order valence-corrected chi connectivity index (χ4v) is 3.36. The van der Waals surface area contributed by atoms with E-state index in [-0.39, 0.29) is 5.91 Å². The Bertz CT molecular complexity index is 646. The van der Waals surface area contributed by atoms with Crippen LogP contribution in [0.1, 0.15) is 28.8 Å². The SMILES string of the molecule is CCc1sc(C)nc1-c1ccc2c(c1)CCC(=O)N2. The van der Waals surface area contributed by atoms with Crippen LogP contribution in [0.3, 0.4) is 0 Å². The van der Waals surface area contributed by atoms with E-state index in [4.69, 9.17) is 0 Å². The molecule has 1 aliphatic rings. The average Bonchev–Trinajstić information content (AvgIpc) is 2.79. The Kier molecular flexibility index (Phi) is 3.11. The van der Waals surface area contributed by atoms with Crippen molar-refractivity contribution < 1.29 is 4.79 Å². The molecule has 0 spiro atoms. The first-order valence-corrected chi connectivity index (χ1v) is 7.38. The number of aromatic nitrogens is 1. The van der Waals surface area contributed by atoms with Crippen molar-refractivity contribution in [3.05, 3.63) is 33.6 Å². The summed E-state index contributed by atoms with van der Waals surface area (Å²) in [5.74, 6) is 0.110. The summed E-state index contributed by atoms with van der Waals surface area (Å²) in [6, 6.07) is 6.22. The second-order valence-corrected chi connectivity index (χ2v) is 6.07. The van der Waals surface area contributed by atoms with Gasteiger partial charge in [-0.25, -0.2) is 4.98 Å². The molecule has 3 nitrogen and oxygen atoms in total. The quantitative estimate of drug-likeness (QED) is 0.908. The summed E-state index contributed by atoms with van der Waals surface area (Å²) in [6.07, 6.45) is 2.40. The van der Waals surface area contributed by atoms with E-state index in [1.54, 1.807) is 11.3 Å². The lowest BCUT2D eigenvalue weighted by Gasteiger charge is -2.17. The molecule has 0 aliphatic carbocycles. The first-order valence-electron chi connectivity index (χ1n) is 6.57. The molecule has 0 atom stereocenters. The van der Waals surface area contributed by atoms with Gasteiger partial charge in [0.05, 0.1) is 10.7 Å². The molecule has 2 aromatic rings. The summed E-state index contributed by atoms with van der Waals surface area (Å²) in [4.78, 5) is 17.3. The van der Waals surface area contributed by atoms with Gasteiger partial charge >= 0.3 is 0 Å². The lowest BCUT2D eigenvalue weighted by Crippen LogP contribution is -2.18. The van der Waals surface area contributed by atoms with Crippen molar-refractivity contribution in [1.82, 2.24) is 4.98 Å². The Hall–Kier alpha value is -1.68. The monoisotopic (exact) mass is 272 g/mol. The van der Waals surface area contributed by atoms with Crippen LogP contribution in [-0.2, 0) is 17.6 Å². The average molecular weight is 272 g/mol. The molecule has 0 fully saturated rings. The van der Waals surface area contributed by atoms with Crippen molar-refractivity contribution in [1.29, 1.82) is 0 Å². The Labute approximate surface area is 116 Å². The molecule has 1 aromatic carbocycles. The number of carbonyl (C=O) groups is 1. The molecule has 0 unspecified atom stereocenters. The highest BCUT2D eigenvalue weighted by atomic mass is 32.1. The van der Waals surface area contributed by atoms with Crippen molar-refractivity contribution >= 4 is 22.9 Å². The van der Waals surface area contributed by atoms with E-state index >= 15 is 0 Å². The van der Waals surface area contributed by atoms with Crippen LogP contribution >= 0.6 is 11.3 Å². The first-order chi connectivity index (χ1) is 9.17.